The van der Waals surface area contributed by atoms with Gasteiger partial charge in [-0.15, -0.1) is 0 Å². The predicted molar refractivity (Wildman–Crippen MR) is 116 cm³/mol. The standard InChI is InChI=1S/C22H18N4O4S/c1-23-22(27)18-7-2-3-8-21(18)31(30)16-10-11-17-19(24-26(29)20(17)14-16)12-9-15-6-4-5-13-25(15)28/h2-14,26H,1H3,(H,23,27)/b12-9+. The Morgan fingerprint density at radius 3 is 2.68 bits per heavy atom. The maximum Gasteiger partial charge on any atom is 0.252 e. The van der Waals surface area contributed by atoms with Crippen molar-refractivity contribution in [2.24, 2.45) is 5.10 Å². The minimum absolute atomic E-state index is 0.309. The molecule has 0 radical (unpaired) electrons. The van der Waals surface area contributed by atoms with Crippen LogP contribution in [0.1, 0.15) is 21.6 Å². The Balaban J connectivity index is 1.65. The van der Waals surface area contributed by atoms with Crippen molar-refractivity contribution < 1.29 is 18.9 Å². The van der Waals surface area contributed by atoms with Gasteiger partial charge in [0.2, 0.25) is 5.69 Å². The van der Waals surface area contributed by atoms with Gasteiger partial charge >= 0.3 is 0 Å². The zero-order chi connectivity index (χ0) is 22.0. The molecule has 31 heavy (non-hydrogen) atoms. The Bertz CT molecular complexity index is 1260. The molecule has 2 heterocycles. The van der Waals surface area contributed by atoms with Crippen molar-refractivity contribution in [1.29, 1.82) is 0 Å². The van der Waals surface area contributed by atoms with Crippen molar-refractivity contribution in [3.8, 4) is 0 Å². The van der Waals surface area contributed by atoms with E-state index < -0.39 is 16.0 Å². The summed E-state index contributed by atoms with van der Waals surface area (Å²) >= 11 is 0. The molecule has 2 N–H and O–H groups in total. The number of nitrogens with one attached hydrogen (secondary N) is 2. The molecular formula is C22H18N4O4S. The van der Waals surface area contributed by atoms with Crippen LogP contribution in [-0.2, 0) is 10.8 Å². The Labute approximate surface area is 180 Å². The zero-order valence-electron chi connectivity index (χ0n) is 16.4. The summed E-state index contributed by atoms with van der Waals surface area (Å²) in [7, 11) is -0.156. The van der Waals surface area contributed by atoms with Crippen LogP contribution in [0.4, 0.5) is 5.69 Å². The molecule has 1 aliphatic rings. The molecule has 1 amide bonds. The maximum atomic E-state index is 13.2. The van der Waals surface area contributed by atoms with Crippen molar-refractivity contribution in [1.82, 2.24) is 5.32 Å². The second-order valence-electron chi connectivity index (χ2n) is 6.64. The van der Waals surface area contributed by atoms with Crippen molar-refractivity contribution >= 4 is 34.2 Å². The van der Waals surface area contributed by atoms with Crippen molar-refractivity contribution in [3.05, 3.63) is 100 Å². The van der Waals surface area contributed by atoms with Gasteiger partial charge in [0.25, 0.3) is 5.91 Å². The molecule has 9 heteroatoms. The van der Waals surface area contributed by atoms with Crippen LogP contribution in [0.15, 0.2) is 87.8 Å². The molecule has 4 rings (SSSR count). The number of fused-ring (bicyclic) bond motifs is 1. The van der Waals surface area contributed by atoms with Gasteiger partial charge in [-0.1, -0.05) is 17.2 Å². The van der Waals surface area contributed by atoms with Gasteiger partial charge in [-0.05, 0) is 36.4 Å². The van der Waals surface area contributed by atoms with Gasteiger partial charge in [0.15, 0.2) is 11.9 Å². The van der Waals surface area contributed by atoms with Gasteiger partial charge in [0, 0.05) is 36.2 Å². The molecule has 2 unspecified atom stereocenters. The van der Waals surface area contributed by atoms with Gasteiger partial charge in [-0.3, -0.25) is 4.79 Å². The number of quaternary nitrogens is 1. The lowest BCUT2D eigenvalue weighted by atomic mass is 10.1. The Hall–Kier alpha value is -3.66. The lowest BCUT2D eigenvalue weighted by Crippen LogP contribution is -2.95. The number of carbonyl (C=O) groups is 1. The second kappa shape index (κ2) is 8.60. The van der Waals surface area contributed by atoms with E-state index in [4.69, 9.17) is 0 Å². The van der Waals surface area contributed by atoms with Crippen LogP contribution >= 0.6 is 0 Å². The quantitative estimate of drug-likeness (QED) is 0.465. The highest BCUT2D eigenvalue weighted by molar-refractivity contribution is 7.85. The third-order valence-electron chi connectivity index (χ3n) is 4.76. The molecule has 1 aromatic heterocycles. The van der Waals surface area contributed by atoms with Gasteiger partial charge in [-0.25, -0.2) is 9.38 Å². The van der Waals surface area contributed by atoms with E-state index in [0.29, 0.717) is 42.7 Å². The number of rotatable bonds is 5. The summed E-state index contributed by atoms with van der Waals surface area (Å²) in [6, 6.07) is 16.5. The minimum Gasteiger partial charge on any atom is -0.618 e. The highest BCUT2D eigenvalue weighted by Gasteiger charge is 2.25. The van der Waals surface area contributed by atoms with E-state index in [1.807, 2.05) is 0 Å². The SMILES string of the molecule is CNC(=O)c1ccccc1S(=O)c1ccc2c(c1)[NH+]([O-])N=C2/C=C/c1cccc[n+]1[O-]. The number of allylic oxidation sites excluding steroid dienone is 1. The first-order valence-corrected chi connectivity index (χ1v) is 10.5. The minimum atomic E-state index is -1.66. The average molecular weight is 434 g/mol. The number of pyridine rings is 1. The molecule has 2 atom stereocenters. The molecule has 1 aliphatic heterocycles. The van der Waals surface area contributed by atoms with E-state index in [1.54, 1.807) is 66.7 Å². The van der Waals surface area contributed by atoms with E-state index >= 15 is 0 Å². The topological polar surface area (TPSA) is 113 Å². The summed E-state index contributed by atoms with van der Waals surface area (Å²) in [5.74, 6) is -0.339. The van der Waals surface area contributed by atoms with Crippen molar-refractivity contribution in [2.45, 2.75) is 9.79 Å². The van der Waals surface area contributed by atoms with Crippen LogP contribution in [-0.4, -0.2) is 22.9 Å². The molecule has 8 nitrogen and oxygen atoms in total. The maximum absolute atomic E-state index is 13.2. The first-order chi connectivity index (χ1) is 15.0. The Morgan fingerprint density at radius 2 is 1.90 bits per heavy atom. The van der Waals surface area contributed by atoms with Crippen LogP contribution in [0.3, 0.4) is 0 Å². The van der Waals surface area contributed by atoms with Gasteiger partial charge in [-0.2, -0.15) is 4.73 Å². The lowest BCUT2D eigenvalue weighted by molar-refractivity contribution is -0.780. The molecule has 0 saturated carbocycles. The molecule has 0 aliphatic carbocycles. The second-order valence-corrected chi connectivity index (χ2v) is 8.09. The number of benzene rings is 2. The molecule has 0 bridgehead atoms. The smallest absolute Gasteiger partial charge is 0.252 e. The fraction of sp³-hybridized carbons (Fsp3) is 0.0455. The highest BCUT2D eigenvalue weighted by Crippen LogP contribution is 2.26. The van der Waals surface area contributed by atoms with Crippen LogP contribution < -0.4 is 15.2 Å². The number of carbonyl (C=O) groups excluding carboxylic acids is 1. The molecular weight excluding hydrogens is 416 g/mol. The lowest BCUT2D eigenvalue weighted by Gasteiger charge is -2.12. The van der Waals surface area contributed by atoms with Gasteiger partial charge in [0.05, 0.1) is 26.8 Å². The van der Waals surface area contributed by atoms with Crippen LogP contribution in [0.25, 0.3) is 6.08 Å². The van der Waals surface area contributed by atoms with Crippen molar-refractivity contribution in [3.63, 3.8) is 0 Å². The van der Waals surface area contributed by atoms with Crippen LogP contribution in [0.5, 0.6) is 0 Å². The molecule has 2 aromatic carbocycles. The largest absolute Gasteiger partial charge is 0.618 e. The summed E-state index contributed by atoms with van der Waals surface area (Å²) in [5, 5.41) is 30.4. The summed E-state index contributed by atoms with van der Waals surface area (Å²) < 4.78 is 13.9. The number of amides is 1. The number of hydrogen-bond acceptors (Lipinski definition) is 5. The fourth-order valence-electron chi connectivity index (χ4n) is 3.21. The number of aromatic nitrogens is 1. The molecule has 3 aromatic rings. The Morgan fingerprint density at radius 1 is 1.13 bits per heavy atom. The van der Waals surface area contributed by atoms with Crippen molar-refractivity contribution in [2.75, 3.05) is 7.05 Å². The molecule has 0 saturated heterocycles. The summed E-state index contributed by atoms with van der Waals surface area (Å²) in [4.78, 5) is 12.9. The third kappa shape index (κ3) is 4.02. The molecule has 0 fully saturated rings. The molecule has 156 valence electrons. The Kier molecular flexibility index (Phi) is 5.72. The van der Waals surface area contributed by atoms with Crippen LogP contribution in [0, 0.1) is 10.4 Å². The fourth-order valence-corrected chi connectivity index (χ4v) is 4.44. The van der Waals surface area contributed by atoms with Crippen LogP contribution in [0.2, 0.25) is 0 Å². The number of nitrogens with zero attached hydrogens (tertiary/aromatic N) is 2. The number of hydrogen-bond donors (Lipinski definition) is 2. The van der Waals surface area contributed by atoms with Gasteiger partial charge in [0.1, 0.15) is 5.71 Å². The first-order valence-electron chi connectivity index (χ1n) is 9.36. The van der Waals surface area contributed by atoms with E-state index in [2.05, 4.69) is 10.4 Å². The summed E-state index contributed by atoms with van der Waals surface area (Å²) in [6.07, 6.45) is 4.57. The first kappa shape index (κ1) is 20.6. The predicted octanol–water partition coefficient (Wildman–Crippen LogP) is 1.29. The van der Waals surface area contributed by atoms with Gasteiger partial charge < -0.3 is 15.7 Å². The van der Waals surface area contributed by atoms with E-state index in [1.165, 1.54) is 19.3 Å². The van der Waals surface area contributed by atoms with E-state index in [-0.39, 0.29) is 5.91 Å². The third-order valence-corrected chi connectivity index (χ3v) is 6.20. The normalized spacial score (nSPS) is 16.1. The van der Waals surface area contributed by atoms with E-state index in [9.17, 15) is 19.4 Å². The van der Waals surface area contributed by atoms with E-state index in [0.717, 1.165) is 0 Å². The highest BCUT2D eigenvalue weighted by atomic mass is 32.2. The molecule has 0 spiro atoms. The average Bonchev–Trinajstić information content (AvgIpc) is 3.12. The summed E-state index contributed by atoms with van der Waals surface area (Å²) in [5.41, 5.74) is 2.06. The zero-order valence-corrected chi connectivity index (χ0v) is 17.3. The monoisotopic (exact) mass is 434 g/mol. The summed E-state index contributed by atoms with van der Waals surface area (Å²) in [6.45, 7) is 0.